The first-order chi connectivity index (χ1) is 26.1. The predicted molar refractivity (Wildman–Crippen MR) is 189 cm³/mol. The number of ether oxygens (including phenoxy) is 2. The molecule has 6 aromatic rings. The smallest absolute Gasteiger partial charge is 0.394 e. The lowest BCUT2D eigenvalue weighted by Crippen LogP contribution is -2.58. The van der Waals surface area contributed by atoms with Crippen molar-refractivity contribution in [2.24, 2.45) is 0 Å². The lowest BCUT2D eigenvalue weighted by atomic mass is 9.92. The zero-order valence-corrected chi connectivity index (χ0v) is 29.8. The molecule has 0 bridgehead atoms. The van der Waals surface area contributed by atoms with Crippen LogP contribution < -0.4 is 11.3 Å². The second-order valence-corrected chi connectivity index (χ2v) is 16.1. The van der Waals surface area contributed by atoms with Crippen LogP contribution in [0.3, 0.4) is 0 Å². The van der Waals surface area contributed by atoms with E-state index in [9.17, 15) is 54.4 Å². The molecule has 4 aromatic carbocycles. The molecule has 0 radical (unpaired) electrons. The Labute approximate surface area is 307 Å². The minimum atomic E-state index is -5.68. The summed E-state index contributed by atoms with van der Waals surface area (Å²) in [5.74, 6) is -0.219. The Morgan fingerprint density at radius 2 is 1.45 bits per heavy atom. The third-order valence-electron chi connectivity index (χ3n) is 9.62. The Morgan fingerprint density at radius 3 is 2.16 bits per heavy atom. The van der Waals surface area contributed by atoms with Crippen LogP contribution in [0.5, 0.6) is 0 Å². The quantitative estimate of drug-likeness (QED) is 0.0640. The molecule has 0 saturated carbocycles. The van der Waals surface area contributed by atoms with Crippen LogP contribution in [-0.2, 0) is 32.0 Å². The molecule has 55 heavy (non-hydrogen) atoms. The van der Waals surface area contributed by atoms with Crippen LogP contribution in [0.2, 0.25) is 0 Å². The van der Waals surface area contributed by atoms with Crippen molar-refractivity contribution in [3.05, 3.63) is 65.0 Å². The van der Waals surface area contributed by atoms with Gasteiger partial charge in [0.15, 0.2) is 23.7 Å². The van der Waals surface area contributed by atoms with Crippen molar-refractivity contribution < 1.29 is 72.4 Å². The number of nitrogen functional groups attached to an aromatic ring is 1. The van der Waals surface area contributed by atoms with Crippen molar-refractivity contribution in [2.45, 2.75) is 55.2 Å². The number of aliphatic hydroxyl groups excluding tert-OH is 6. The van der Waals surface area contributed by atoms with Crippen LogP contribution in [0.15, 0.2) is 59.4 Å². The summed E-state index contributed by atoms with van der Waals surface area (Å²) in [6, 6.07) is 17.3. The number of imidazole rings is 1. The first-order valence-corrected chi connectivity index (χ1v) is 19.5. The summed E-state index contributed by atoms with van der Waals surface area (Å²) in [6.07, 6.45) is -16.6. The molecule has 0 amide bonds. The van der Waals surface area contributed by atoms with Crippen LogP contribution in [0.25, 0.3) is 54.9 Å². The van der Waals surface area contributed by atoms with E-state index in [0.717, 1.165) is 26.9 Å². The Kier molecular flexibility index (Phi) is 9.57. The molecule has 0 spiro atoms. The zero-order valence-electron chi connectivity index (χ0n) is 28.0. The highest BCUT2D eigenvalue weighted by atomic mass is 31.3. The Morgan fingerprint density at radius 1 is 0.800 bits per heavy atom. The number of nitrogens with two attached hydrogens (primary N) is 1. The number of nitrogens with one attached hydrogen (secondary N) is 1. The first kappa shape index (κ1) is 37.9. The maximum atomic E-state index is 13.1. The number of hydrogen-bond donors (Lipinski definition) is 10. The van der Waals surface area contributed by atoms with Gasteiger partial charge in [0.2, 0.25) is 5.95 Å². The van der Waals surface area contributed by atoms with E-state index in [2.05, 4.69) is 23.8 Å². The van der Waals surface area contributed by atoms with Gasteiger partial charge in [0.05, 0.1) is 13.2 Å². The molecule has 11 atom stereocenters. The average molecular weight is 806 g/mol. The molecule has 2 aliphatic heterocycles. The van der Waals surface area contributed by atoms with Gasteiger partial charge in [-0.05, 0) is 32.3 Å². The number of anilines is 1. The number of H-pyrrole nitrogens is 1. The number of hydrogen-bond acceptors (Lipinski definition) is 17. The lowest BCUT2D eigenvalue weighted by molar-refractivity contribution is -0.280. The molecule has 2 unspecified atom stereocenters. The number of rotatable bonds is 10. The van der Waals surface area contributed by atoms with E-state index >= 15 is 0 Å². The Balaban J connectivity index is 1.09. The normalized spacial score (nSPS) is 29.7. The van der Waals surface area contributed by atoms with Gasteiger partial charge >= 0.3 is 15.6 Å². The van der Waals surface area contributed by atoms with Crippen molar-refractivity contribution in [3.63, 3.8) is 0 Å². The number of nitrogens with zero attached hydrogens (tertiary/aromatic N) is 3. The Hall–Kier alpha value is -3.99. The van der Waals surface area contributed by atoms with Crippen LogP contribution in [0.1, 0.15) is 6.23 Å². The fourth-order valence-electron chi connectivity index (χ4n) is 7.07. The summed E-state index contributed by atoms with van der Waals surface area (Å²) < 4.78 is 51.3. The van der Waals surface area contributed by atoms with Gasteiger partial charge < -0.3 is 55.6 Å². The summed E-state index contributed by atoms with van der Waals surface area (Å²) in [5.41, 5.74) is 5.34. The van der Waals surface area contributed by atoms with E-state index in [1.165, 1.54) is 4.57 Å². The molecule has 2 saturated heterocycles. The summed E-state index contributed by atoms with van der Waals surface area (Å²) in [6.45, 7) is -1.95. The van der Waals surface area contributed by atoms with Gasteiger partial charge in [-0.25, -0.2) is 14.1 Å². The molecule has 4 heterocycles. The molecule has 2 fully saturated rings. The standard InChI is InChI=1S/C32H33N5O16P2/c33-32-35-28-21(29(44)36-32)34-27(16-9-7-14-5-4-12-2-1-3-13-6-8-15(16)20(14)19(12)13)37(28)30-25(42)23(40)18(50-30)11-49-54(45,46)53-55(47,48)52-31-26(43)24(41)22(39)17(10-38)51-31/h1-9,17-18,22-26,30-31,38-43H,10-11H2,(H,45,46)(H,47,48)(H3,33,35,36,44)/t17-,18-,22-,23-,24+,25-,26+,30-,31-/m1/s1. The summed E-state index contributed by atoms with van der Waals surface area (Å²) in [4.78, 5) is 44.7. The van der Waals surface area contributed by atoms with Gasteiger partial charge in [0.25, 0.3) is 5.56 Å². The van der Waals surface area contributed by atoms with E-state index in [4.69, 9.17) is 19.7 Å². The topological polar surface area (TPSA) is 332 Å². The Bertz CT molecular complexity index is 2570. The summed E-state index contributed by atoms with van der Waals surface area (Å²) in [5, 5.41) is 67.1. The van der Waals surface area contributed by atoms with Crippen molar-refractivity contribution in [3.8, 4) is 11.4 Å². The number of phosphoric acid groups is 2. The first-order valence-electron chi connectivity index (χ1n) is 16.5. The van der Waals surface area contributed by atoms with Gasteiger partial charge in [-0.2, -0.15) is 9.29 Å². The SMILES string of the molecule is Nc1nc2c(nc(-c3ccc4ccc5cccc6ccc3c4c56)n2[C@@H]2O[C@H](COP(=O)(O)OP(=O)(O)O[C@H]3O[C@H](CO)[C@@H](O)[C@H](O)[C@@H]3O)[C@@H](O)[C@H]2O)c(=O)[nH]1. The summed E-state index contributed by atoms with van der Waals surface area (Å²) in [7, 11) is -11.3. The number of aromatic amines is 1. The molecule has 8 rings (SSSR count). The van der Waals surface area contributed by atoms with E-state index in [1.54, 1.807) is 6.07 Å². The molecule has 23 heteroatoms. The summed E-state index contributed by atoms with van der Waals surface area (Å²) >= 11 is 0. The van der Waals surface area contributed by atoms with Crippen LogP contribution in [0.4, 0.5) is 5.95 Å². The van der Waals surface area contributed by atoms with Crippen molar-refractivity contribution in [2.75, 3.05) is 18.9 Å². The second-order valence-electron chi connectivity index (χ2n) is 13.1. The highest BCUT2D eigenvalue weighted by molar-refractivity contribution is 7.61. The monoisotopic (exact) mass is 805 g/mol. The van der Waals surface area contributed by atoms with Gasteiger partial charge in [-0.3, -0.25) is 23.4 Å². The van der Waals surface area contributed by atoms with Crippen molar-refractivity contribution in [1.82, 2.24) is 19.5 Å². The van der Waals surface area contributed by atoms with Gasteiger partial charge in [-0.1, -0.05) is 54.6 Å². The van der Waals surface area contributed by atoms with E-state index < -0.39 is 89.7 Å². The average Bonchev–Trinajstić information content (AvgIpc) is 3.65. The molecule has 292 valence electrons. The van der Waals surface area contributed by atoms with Gasteiger partial charge in [-0.15, -0.1) is 0 Å². The fraction of sp³-hybridized carbons (Fsp3) is 0.344. The predicted octanol–water partition coefficient (Wildman–Crippen LogP) is -0.0641. The van der Waals surface area contributed by atoms with Crippen molar-refractivity contribution >= 4 is 65.1 Å². The molecule has 0 aliphatic carbocycles. The number of aliphatic hydroxyl groups is 6. The number of benzene rings is 4. The van der Waals surface area contributed by atoms with Crippen LogP contribution in [-0.4, -0.2) is 122 Å². The van der Waals surface area contributed by atoms with Gasteiger partial charge in [0.1, 0.15) is 48.6 Å². The number of fused-ring (bicyclic) bond motifs is 1. The van der Waals surface area contributed by atoms with Crippen LogP contribution in [0, 0.1) is 0 Å². The molecular weight excluding hydrogens is 772 g/mol. The fourth-order valence-corrected chi connectivity index (χ4v) is 9.23. The second kappa shape index (κ2) is 13.9. The molecule has 2 aromatic heterocycles. The maximum Gasteiger partial charge on any atom is 0.483 e. The highest BCUT2D eigenvalue weighted by Crippen LogP contribution is 2.61. The minimum Gasteiger partial charge on any atom is -0.394 e. The molecule has 11 N–H and O–H groups in total. The van der Waals surface area contributed by atoms with E-state index in [0.29, 0.717) is 10.9 Å². The lowest BCUT2D eigenvalue weighted by Gasteiger charge is -2.39. The third-order valence-corrected chi connectivity index (χ3v) is 12.2. The minimum absolute atomic E-state index is 0.0806. The maximum absolute atomic E-state index is 13.1. The largest absolute Gasteiger partial charge is 0.483 e. The van der Waals surface area contributed by atoms with Crippen LogP contribution >= 0.6 is 15.6 Å². The molecular formula is C32H33N5O16P2. The highest BCUT2D eigenvalue weighted by Gasteiger charge is 2.50. The van der Waals surface area contributed by atoms with Crippen molar-refractivity contribution in [1.29, 1.82) is 0 Å². The number of aromatic nitrogens is 4. The zero-order chi connectivity index (χ0) is 39.1. The van der Waals surface area contributed by atoms with E-state index in [-0.39, 0.29) is 22.9 Å². The molecule has 21 nitrogen and oxygen atoms in total. The van der Waals surface area contributed by atoms with E-state index in [1.807, 2.05) is 48.5 Å². The molecule has 2 aliphatic rings. The van der Waals surface area contributed by atoms with Gasteiger partial charge in [0, 0.05) is 5.56 Å². The third kappa shape index (κ3) is 6.61. The number of phosphoric ester groups is 2.